The lowest BCUT2D eigenvalue weighted by atomic mass is 10.2. The normalized spacial score (nSPS) is 10.4. The average Bonchev–Trinajstić information content (AvgIpc) is 2.38. The van der Waals surface area contributed by atoms with Gasteiger partial charge in [-0.25, -0.2) is 0 Å². The Kier molecular flexibility index (Phi) is 7.70. The molecule has 5 heteroatoms. The molecule has 19 heavy (non-hydrogen) atoms. The van der Waals surface area contributed by atoms with Crippen LogP contribution in [-0.2, 0) is 0 Å². The summed E-state index contributed by atoms with van der Waals surface area (Å²) in [4.78, 5) is 8.22. The van der Waals surface area contributed by atoms with Crippen LogP contribution in [0.1, 0.15) is 52.4 Å². The van der Waals surface area contributed by atoms with E-state index in [-0.39, 0.29) is 5.95 Å². The third kappa shape index (κ3) is 6.84. The summed E-state index contributed by atoms with van der Waals surface area (Å²) in [6.07, 6.45) is 7.02. The molecule has 0 fully saturated rings. The van der Waals surface area contributed by atoms with Crippen LogP contribution in [0, 0.1) is 0 Å². The van der Waals surface area contributed by atoms with Gasteiger partial charge in [0.05, 0.1) is 6.61 Å². The number of anilines is 2. The number of nitrogens with zero attached hydrogens (tertiary/aromatic N) is 2. The molecule has 1 heterocycles. The van der Waals surface area contributed by atoms with Gasteiger partial charge in [0.2, 0.25) is 11.8 Å². The van der Waals surface area contributed by atoms with Crippen LogP contribution in [-0.4, -0.2) is 23.1 Å². The number of hydrogen-bond acceptors (Lipinski definition) is 5. The Hall–Kier alpha value is -1.52. The molecule has 1 aromatic rings. The van der Waals surface area contributed by atoms with Gasteiger partial charge in [-0.15, -0.1) is 0 Å². The second-order valence-corrected chi connectivity index (χ2v) is 4.64. The van der Waals surface area contributed by atoms with E-state index in [0.29, 0.717) is 12.5 Å². The monoisotopic (exact) mass is 266 g/mol. The number of rotatable bonds is 10. The van der Waals surface area contributed by atoms with Gasteiger partial charge in [0.1, 0.15) is 5.82 Å². The van der Waals surface area contributed by atoms with Gasteiger partial charge in [-0.05, 0) is 12.8 Å². The lowest BCUT2D eigenvalue weighted by Gasteiger charge is -2.09. The first-order valence-electron chi connectivity index (χ1n) is 7.27. The smallest absolute Gasteiger partial charge is 0.225 e. The van der Waals surface area contributed by atoms with Crippen LogP contribution < -0.4 is 15.8 Å². The van der Waals surface area contributed by atoms with Crippen LogP contribution in [0.4, 0.5) is 11.8 Å². The summed E-state index contributed by atoms with van der Waals surface area (Å²) in [5, 5.41) is 3.26. The molecule has 3 N–H and O–H groups in total. The van der Waals surface area contributed by atoms with Crippen molar-refractivity contribution in [1.82, 2.24) is 9.97 Å². The molecule has 108 valence electrons. The molecule has 0 aromatic carbocycles. The maximum atomic E-state index is 5.67. The molecule has 0 atom stereocenters. The lowest BCUT2D eigenvalue weighted by Crippen LogP contribution is -2.08. The minimum Gasteiger partial charge on any atom is -0.477 e. The van der Waals surface area contributed by atoms with Crippen molar-refractivity contribution in [2.75, 3.05) is 24.2 Å². The Morgan fingerprint density at radius 2 is 1.89 bits per heavy atom. The largest absolute Gasteiger partial charge is 0.477 e. The maximum absolute atomic E-state index is 5.67. The number of unbranched alkanes of at least 4 members (excludes halogenated alkanes) is 4. The highest BCUT2D eigenvalue weighted by Gasteiger charge is 2.03. The van der Waals surface area contributed by atoms with Gasteiger partial charge in [-0.3, -0.25) is 0 Å². The maximum Gasteiger partial charge on any atom is 0.225 e. The zero-order valence-electron chi connectivity index (χ0n) is 12.1. The van der Waals surface area contributed by atoms with E-state index in [1.165, 1.54) is 19.3 Å². The molecule has 0 radical (unpaired) electrons. The standard InChI is InChI=1S/C14H26N4O/c1-3-5-7-8-9-16-12-11-13(18-14(15)17-12)19-10-6-4-2/h11H,3-10H2,1-2H3,(H3,15,16,17,18). The van der Waals surface area contributed by atoms with E-state index in [9.17, 15) is 0 Å². The SMILES string of the molecule is CCCCCCNc1cc(OCCCC)nc(N)n1. The number of nitrogens with two attached hydrogens (primary N) is 1. The molecule has 5 nitrogen and oxygen atoms in total. The van der Waals surface area contributed by atoms with Crippen LogP contribution in [0.5, 0.6) is 5.88 Å². The number of nitrogens with one attached hydrogen (secondary N) is 1. The minimum absolute atomic E-state index is 0.255. The average molecular weight is 266 g/mol. The summed E-state index contributed by atoms with van der Waals surface area (Å²) >= 11 is 0. The van der Waals surface area contributed by atoms with Gasteiger partial charge in [0.25, 0.3) is 0 Å². The topological polar surface area (TPSA) is 73.1 Å². The van der Waals surface area contributed by atoms with E-state index >= 15 is 0 Å². The molecule has 0 saturated carbocycles. The lowest BCUT2D eigenvalue weighted by molar-refractivity contribution is 0.298. The van der Waals surface area contributed by atoms with Crippen molar-refractivity contribution >= 4 is 11.8 Å². The third-order valence-electron chi connectivity index (χ3n) is 2.80. The van der Waals surface area contributed by atoms with E-state index in [1.807, 2.05) is 6.07 Å². The van der Waals surface area contributed by atoms with Crippen LogP contribution in [0.3, 0.4) is 0 Å². The van der Waals surface area contributed by atoms with E-state index < -0.39 is 0 Å². The van der Waals surface area contributed by atoms with Gasteiger partial charge in [-0.1, -0.05) is 39.5 Å². The fraction of sp³-hybridized carbons (Fsp3) is 0.714. The number of nitrogen functional groups attached to an aromatic ring is 1. The Labute approximate surface area is 116 Å². The second kappa shape index (κ2) is 9.42. The summed E-state index contributed by atoms with van der Waals surface area (Å²) < 4.78 is 5.54. The van der Waals surface area contributed by atoms with Gasteiger partial charge in [0.15, 0.2) is 0 Å². The van der Waals surface area contributed by atoms with Crippen molar-refractivity contribution in [3.8, 4) is 5.88 Å². The molecule has 0 amide bonds. The fourth-order valence-electron chi connectivity index (χ4n) is 1.70. The molecule has 0 aliphatic carbocycles. The van der Waals surface area contributed by atoms with Crippen molar-refractivity contribution in [1.29, 1.82) is 0 Å². The zero-order valence-corrected chi connectivity index (χ0v) is 12.1. The highest BCUT2D eigenvalue weighted by atomic mass is 16.5. The molecule has 0 bridgehead atoms. The van der Waals surface area contributed by atoms with Gasteiger partial charge in [-0.2, -0.15) is 9.97 Å². The summed E-state index contributed by atoms with van der Waals surface area (Å²) in [5.41, 5.74) is 5.67. The number of ether oxygens (including phenoxy) is 1. The Balaban J connectivity index is 2.39. The molecule has 1 rings (SSSR count). The summed E-state index contributed by atoms with van der Waals surface area (Å²) in [7, 11) is 0. The summed E-state index contributed by atoms with van der Waals surface area (Å²) in [6, 6.07) is 1.81. The highest BCUT2D eigenvalue weighted by molar-refractivity contribution is 5.42. The molecule has 0 aliphatic heterocycles. The first kappa shape index (κ1) is 15.5. The molecular weight excluding hydrogens is 240 g/mol. The third-order valence-corrected chi connectivity index (χ3v) is 2.80. The summed E-state index contributed by atoms with van der Waals surface area (Å²) in [5.74, 6) is 1.55. The van der Waals surface area contributed by atoms with Crippen LogP contribution in [0.15, 0.2) is 6.07 Å². The van der Waals surface area contributed by atoms with E-state index in [0.717, 1.165) is 31.6 Å². The fourth-order valence-corrected chi connectivity index (χ4v) is 1.70. The van der Waals surface area contributed by atoms with Crippen LogP contribution in [0.25, 0.3) is 0 Å². The Bertz CT molecular complexity index is 357. The van der Waals surface area contributed by atoms with Crippen molar-refractivity contribution in [3.05, 3.63) is 6.07 Å². The second-order valence-electron chi connectivity index (χ2n) is 4.64. The number of aromatic nitrogens is 2. The molecule has 0 saturated heterocycles. The van der Waals surface area contributed by atoms with Gasteiger partial charge >= 0.3 is 0 Å². The van der Waals surface area contributed by atoms with E-state index in [4.69, 9.17) is 10.5 Å². The van der Waals surface area contributed by atoms with Gasteiger partial charge < -0.3 is 15.8 Å². The molecular formula is C14H26N4O. The van der Waals surface area contributed by atoms with E-state index in [1.54, 1.807) is 0 Å². The van der Waals surface area contributed by atoms with Crippen molar-refractivity contribution in [2.45, 2.75) is 52.4 Å². The van der Waals surface area contributed by atoms with E-state index in [2.05, 4.69) is 29.1 Å². The van der Waals surface area contributed by atoms with Crippen LogP contribution >= 0.6 is 0 Å². The Morgan fingerprint density at radius 1 is 1.11 bits per heavy atom. The number of hydrogen-bond donors (Lipinski definition) is 2. The molecule has 1 aromatic heterocycles. The Morgan fingerprint density at radius 3 is 2.63 bits per heavy atom. The quantitative estimate of drug-likeness (QED) is 0.636. The van der Waals surface area contributed by atoms with Gasteiger partial charge in [0, 0.05) is 12.6 Å². The van der Waals surface area contributed by atoms with Crippen molar-refractivity contribution in [2.24, 2.45) is 0 Å². The molecule has 0 unspecified atom stereocenters. The highest BCUT2D eigenvalue weighted by Crippen LogP contribution is 2.15. The minimum atomic E-state index is 0.255. The molecule has 0 aliphatic rings. The first-order valence-corrected chi connectivity index (χ1v) is 7.27. The van der Waals surface area contributed by atoms with Crippen molar-refractivity contribution < 1.29 is 4.74 Å². The van der Waals surface area contributed by atoms with Crippen molar-refractivity contribution in [3.63, 3.8) is 0 Å². The molecule has 0 spiro atoms. The summed E-state index contributed by atoms with van der Waals surface area (Å²) in [6.45, 7) is 5.91. The zero-order chi connectivity index (χ0) is 13.9. The predicted octanol–water partition coefficient (Wildman–Crippen LogP) is 3.23. The van der Waals surface area contributed by atoms with Crippen LogP contribution in [0.2, 0.25) is 0 Å². The first-order chi connectivity index (χ1) is 9.26. The predicted molar refractivity (Wildman–Crippen MR) is 79.5 cm³/mol.